The van der Waals surface area contributed by atoms with Crippen LogP contribution >= 0.6 is 0 Å². The maximum atomic E-state index is 10.3. The first-order chi connectivity index (χ1) is 7.59. The third-order valence-corrected chi connectivity index (χ3v) is 3.40. The molecule has 0 spiro atoms. The molecule has 1 rings (SSSR count). The van der Waals surface area contributed by atoms with Crippen molar-refractivity contribution in [3.63, 3.8) is 0 Å². The van der Waals surface area contributed by atoms with Crippen LogP contribution in [0.2, 0.25) is 0 Å². The number of likely N-dealkylation sites (tertiary alicyclic amines) is 1. The smallest absolute Gasteiger partial charge is 0.303 e. The van der Waals surface area contributed by atoms with Crippen molar-refractivity contribution in [1.29, 1.82) is 0 Å². The van der Waals surface area contributed by atoms with Gasteiger partial charge in [-0.05, 0) is 59.4 Å². The van der Waals surface area contributed by atoms with Crippen molar-refractivity contribution in [3.8, 4) is 0 Å². The molecule has 1 saturated heterocycles. The Kier molecular flexibility index (Phi) is 5.77. The lowest BCUT2D eigenvalue weighted by atomic mass is 10.0. The Morgan fingerprint density at radius 3 is 2.44 bits per heavy atom. The molecule has 0 aromatic rings. The second kappa shape index (κ2) is 6.86. The summed E-state index contributed by atoms with van der Waals surface area (Å²) in [5, 5.41) is 8.53. The first-order valence-corrected chi connectivity index (χ1v) is 6.20. The largest absolute Gasteiger partial charge is 0.481 e. The van der Waals surface area contributed by atoms with Crippen molar-refractivity contribution in [2.24, 2.45) is 0 Å². The summed E-state index contributed by atoms with van der Waals surface area (Å²) in [6, 6.07) is 0.732. The zero-order valence-electron chi connectivity index (χ0n) is 10.5. The summed E-state index contributed by atoms with van der Waals surface area (Å²) in [5.41, 5.74) is 0. The molecule has 0 aliphatic carbocycles. The molecule has 0 amide bonds. The van der Waals surface area contributed by atoms with Crippen molar-refractivity contribution in [2.75, 3.05) is 33.7 Å². The summed E-state index contributed by atoms with van der Waals surface area (Å²) in [4.78, 5) is 15.1. The molecular weight excluding hydrogens is 204 g/mol. The van der Waals surface area contributed by atoms with Crippen molar-refractivity contribution in [2.45, 2.75) is 38.1 Å². The first kappa shape index (κ1) is 13.5. The summed E-state index contributed by atoms with van der Waals surface area (Å²) in [7, 11) is 4.29. The molecule has 0 saturated carbocycles. The number of aliphatic carboxylic acids is 1. The van der Waals surface area contributed by atoms with Gasteiger partial charge in [-0.2, -0.15) is 0 Å². The monoisotopic (exact) mass is 228 g/mol. The molecule has 0 atom stereocenters. The van der Waals surface area contributed by atoms with Crippen LogP contribution in [-0.2, 0) is 4.79 Å². The highest BCUT2D eigenvalue weighted by Gasteiger charge is 2.19. The highest BCUT2D eigenvalue weighted by Crippen LogP contribution is 2.14. The predicted molar refractivity (Wildman–Crippen MR) is 64.6 cm³/mol. The van der Waals surface area contributed by atoms with Gasteiger partial charge in [0.2, 0.25) is 0 Å². The lowest BCUT2D eigenvalue weighted by Gasteiger charge is -2.35. The second-order valence-electron chi connectivity index (χ2n) is 4.89. The minimum atomic E-state index is -0.675. The fourth-order valence-electron chi connectivity index (χ4n) is 2.27. The maximum absolute atomic E-state index is 10.3. The molecule has 0 aromatic heterocycles. The van der Waals surface area contributed by atoms with E-state index in [2.05, 4.69) is 23.9 Å². The summed E-state index contributed by atoms with van der Waals surface area (Å²) in [5.74, 6) is -0.675. The first-order valence-electron chi connectivity index (χ1n) is 6.20. The molecule has 4 heteroatoms. The van der Waals surface area contributed by atoms with E-state index in [4.69, 9.17) is 5.11 Å². The van der Waals surface area contributed by atoms with Gasteiger partial charge in [-0.15, -0.1) is 0 Å². The average molecular weight is 228 g/mol. The Morgan fingerprint density at radius 1 is 1.31 bits per heavy atom. The number of unbranched alkanes of at least 4 members (excludes halogenated alkanes) is 1. The van der Waals surface area contributed by atoms with E-state index in [1.807, 2.05) is 0 Å². The third-order valence-electron chi connectivity index (χ3n) is 3.40. The highest BCUT2D eigenvalue weighted by atomic mass is 16.4. The van der Waals surface area contributed by atoms with E-state index >= 15 is 0 Å². The summed E-state index contributed by atoms with van der Waals surface area (Å²) < 4.78 is 0. The van der Waals surface area contributed by atoms with Crippen LogP contribution in [0.15, 0.2) is 0 Å². The SMILES string of the molecule is CN(C)C1CCN(CCCCC(=O)O)CC1. The van der Waals surface area contributed by atoms with Gasteiger partial charge in [0, 0.05) is 12.5 Å². The molecule has 0 radical (unpaired) electrons. The fourth-order valence-corrected chi connectivity index (χ4v) is 2.27. The number of piperidine rings is 1. The molecule has 4 nitrogen and oxygen atoms in total. The van der Waals surface area contributed by atoms with E-state index in [-0.39, 0.29) is 0 Å². The minimum Gasteiger partial charge on any atom is -0.481 e. The molecule has 0 aromatic carbocycles. The van der Waals surface area contributed by atoms with Crippen molar-refractivity contribution < 1.29 is 9.90 Å². The van der Waals surface area contributed by atoms with E-state index < -0.39 is 5.97 Å². The Hall–Kier alpha value is -0.610. The molecule has 1 heterocycles. The quantitative estimate of drug-likeness (QED) is 0.695. The van der Waals surface area contributed by atoms with Gasteiger partial charge >= 0.3 is 5.97 Å². The summed E-state index contributed by atoms with van der Waals surface area (Å²) in [6.45, 7) is 3.39. The van der Waals surface area contributed by atoms with Crippen molar-refractivity contribution in [1.82, 2.24) is 9.80 Å². The lowest BCUT2D eigenvalue weighted by Crippen LogP contribution is -2.42. The van der Waals surface area contributed by atoms with E-state index in [0.29, 0.717) is 6.42 Å². The third kappa shape index (κ3) is 4.94. The van der Waals surface area contributed by atoms with Crippen molar-refractivity contribution >= 4 is 5.97 Å². The van der Waals surface area contributed by atoms with Crippen LogP contribution in [0.1, 0.15) is 32.1 Å². The maximum Gasteiger partial charge on any atom is 0.303 e. The molecule has 0 bridgehead atoms. The predicted octanol–water partition coefficient (Wildman–Crippen LogP) is 1.27. The van der Waals surface area contributed by atoms with Crippen molar-refractivity contribution in [3.05, 3.63) is 0 Å². The van der Waals surface area contributed by atoms with Gasteiger partial charge in [-0.25, -0.2) is 0 Å². The zero-order valence-corrected chi connectivity index (χ0v) is 10.5. The summed E-state index contributed by atoms with van der Waals surface area (Å²) in [6.07, 6.45) is 4.62. The number of nitrogens with zero attached hydrogens (tertiary/aromatic N) is 2. The van der Waals surface area contributed by atoms with E-state index in [9.17, 15) is 4.79 Å². The standard InChI is InChI=1S/C12H24N2O2/c1-13(2)11-6-9-14(10-7-11)8-4-3-5-12(15)16/h11H,3-10H2,1-2H3,(H,15,16). The van der Waals surface area contributed by atoms with Gasteiger partial charge in [0.25, 0.3) is 0 Å². The fraction of sp³-hybridized carbons (Fsp3) is 0.917. The Morgan fingerprint density at radius 2 is 1.94 bits per heavy atom. The molecular formula is C12H24N2O2. The van der Waals surface area contributed by atoms with Crippen LogP contribution in [0.4, 0.5) is 0 Å². The number of hydrogen-bond acceptors (Lipinski definition) is 3. The molecule has 0 unspecified atom stereocenters. The molecule has 16 heavy (non-hydrogen) atoms. The molecule has 1 fully saturated rings. The molecule has 94 valence electrons. The highest BCUT2D eigenvalue weighted by molar-refractivity contribution is 5.66. The molecule has 1 aliphatic heterocycles. The Bertz CT molecular complexity index is 211. The lowest BCUT2D eigenvalue weighted by molar-refractivity contribution is -0.137. The van der Waals surface area contributed by atoms with Crippen LogP contribution < -0.4 is 0 Å². The van der Waals surface area contributed by atoms with E-state index in [0.717, 1.165) is 38.5 Å². The van der Waals surface area contributed by atoms with Gasteiger partial charge < -0.3 is 14.9 Å². The molecule has 1 N–H and O–H groups in total. The minimum absolute atomic E-state index is 0.314. The second-order valence-corrected chi connectivity index (χ2v) is 4.89. The number of carboxylic acid groups (broad SMARTS) is 1. The van der Waals surface area contributed by atoms with Gasteiger partial charge in [0.05, 0.1) is 0 Å². The Balaban J connectivity index is 2.06. The Labute approximate surface area is 98.2 Å². The topological polar surface area (TPSA) is 43.8 Å². The van der Waals surface area contributed by atoms with Gasteiger partial charge in [-0.1, -0.05) is 0 Å². The average Bonchev–Trinajstić information content (AvgIpc) is 2.25. The van der Waals surface area contributed by atoms with Gasteiger partial charge in [0.15, 0.2) is 0 Å². The van der Waals surface area contributed by atoms with E-state index in [1.54, 1.807) is 0 Å². The molecule has 1 aliphatic rings. The normalized spacial score (nSPS) is 19.2. The van der Waals surface area contributed by atoms with E-state index in [1.165, 1.54) is 12.8 Å². The van der Waals surface area contributed by atoms with Crippen LogP contribution in [0.25, 0.3) is 0 Å². The number of carboxylic acids is 1. The van der Waals surface area contributed by atoms with Crippen LogP contribution in [0.5, 0.6) is 0 Å². The van der Waals surface area contributed by atoms with Gasteiger partial charge in [0.1, 0.15) is 0 Å². The number of hydrogen-bond donors (Lipinski definition) is 1. The zero-order chi connectivity index (χ0) is 12.0. The van der Waals surface area contributed by atoms with Gasteiger partial charge in [-0.3, -0.25) is 4.79 Å². The summed E-state index contributed by atoms with van der Waals surface area (Å²) >= 11 is 0. The number of rotatable bonds is 6. The van der Waals surface area contributed by atoms with Crippen LogP contribution in [-0.4, -0.2) is 60.6 Å². The number of carbonyl (C=O) groups is 1. The van der Waals surface area contributed by atoms with Crippen LogP contribution in [0, 0.1) is 0 Å². The van der Waals surface area contributed by atoms with Crippen LogP contribution in [0.3, 0.4) is 0 Å².